The molecular formula is C8H10Br6O2. The summed E-state index contributed by atoms with van der Waals surface area (Å²) in [6.45, 7) is 0.761. The van der Waals surface area contributed by atoms with Gasteiger partial charge in [0.1, 0.15) is 6.10 Å². The highest BCUT2D eigenvalue weighted by atomic mass is 80.0. The fourth-order valence-corrected chi connectivity index (χ4v) is 6.78. The lowest BCUT2D eigenvalue weighted by Gasteiger charge is -2.36. The predicted molar refractivity (Wildman–Crippen MR) is 87.5 cm³/mol. The van der Waals surface area contributed by atoms with Crippen molar-refractivity contribution in [2.24, 2.45) is 0 Å². The Balaban J connectivity index is 2.63. The molecule has 0 saturated carbocycles. The largest absolute Gasteiger partial charge is 0.353 e. The molecule has 0 spiro atoms. The third-order valence-corrected chi connectivity index (χ3v) is 4.52. The van der Waals surface area contributed by atoms with E-state index in [2.05, 4.69) is 95.6 Å². The molecule has 0 amide bonds. The van der Waals surface area contributed by atoms with Gasteiger partial charge in [-0.3, -0.25) is 0 Å². The zero-order chi connectivity index (χ0) is 12.4. The molecule has 1 saturated heterocycles. The third-order valence-electron chi connectivity index (χ3n) is 2.02. The highest BCUT2D eigenvalue weighted by Gasteiger charge is 2.46. The molecule has 1 aliphatic heterocycles. The van der Waals surface area contributed by atoms with Crippen molar-refractivity contribution in [3.8, 4) is 0 Å². The van der Waals surface area contributed by atoms with Gasteiger partial charge in [-0.2, -0.15) is 0 Å². The normalized spacial score (nSPS) is 23.8. The summed E-state index contributed by atoms with van der Waals surface area (Å²) in [5, 5.41) is 0. The minimum Gasteiger partial charge on any atom is -0.353 e. The minimum atomic E-state index is -0.551. The molecule has 1 heterocycles. The average Bonchev–Trinajstić information content (AvgIpc) is 2.12. The molecule has 0 aliphatic carbocycles. The average molecular weight is 618 g/mol. The van der Waals surface area contributed by atoms with E-state index in [4.69, 9.17) is 9.47 Å². The number of hydrogen-bond donors (Lipinski definition) is 0. The second-order valence-electron chi connectivity index (χ2n) is 3.40. The standard InChI is InChI=1S/C8H10Br6O2/c9-7(10,11)6(8(12,13)14)16-5-3-1-2-4-15-5/h5-6H,1-4H2. The number of hydrogen-bond acceptors (Lipinski definition) is 2. The fourth-order valence-electron chi connectivity index (χ4n) is 1.31. The van der Waals surface area contributed by atoms with Gasteiger partial charge in [0.15, 0.2) is 10.6 Å². The van der Waals surface area contributed by atoms with E-state index in [1.165, 1.54) is 0 Å². The second kappa shape index (κ2) is 6.99. The maximum absolute atomic E-state index is 5.92. The van der Waals surface area contributed by atoms with Crippen LogP contribution in [0.3, 0.4) is 0 Å². The molecule has 1 rings (SSSR count). The molecule has 0 radical (unpaired) electrons. The van der Waals surface area contributed by atoms with Crippen LogP contribution in [0.5, 0.6) is 0 Å². The molecule has 1 atom stereocenters. The molecule has 0 bridgehead atoms. The summed E-state index contributed by atoms with van der Waals surface area (Å²) in [5.74, 6) is 0. The van der Waals surface area contributed by atoms with Gasteiger partial charge in [-0.15, -0.1) is 0 Å². The Hall–Kier alpha value is 2.80. The van der Waals surface area contributed by atoms with E-state index >= 15 is 0 Å². The Labute approximate surface area is 146 Å². The predicted octanol–water partition coefficient (Wildman–Crippen LogP) is 5.58. The summed E-state index contributed by atoms with van der Waals surface area (Å²) >= 11 is 20.8. The van der Waals surface area contributed by atoms with E-state index in [-0.39, 0.29) is 12.4 Å². The van der Waals surface area contributed by atoms with Crippen LogP contribution in [0.15, 0.2) is 0 Å². The van der Waals surface area contributed by atoms with Crippen molar-refractivity contribution in [2.45, 2.75) is 35.9 Å². The Morgan fingerprint density at radius 3 is 1.94 bits per heavy atom. The van der Waals surface area contributed by atoms with Gasteiger partial charge in [0.2, 0.25) is 0 Å². The molecule has 8 heteroatoms. The number of alkyl halides is 6. The zero-order valence-electron chi connectivity index (χ0n) is 8.07. The first-order valence-electron chi connectivity index (χ1n) is 4.62. The molecule has 0 aromatic heterocycles. The molecular weight excluding hydrogens is 608 g/mol. The van der Waals surface area contributed by atoms with Crippen LogP contribution < -0.4 is 0 Å². The Kier molecular flexibility index (Phi) is 7.37. The molecule has 0 aromatic carbocycles. The van der Waals surface area contributed by atoms with E-state index in [0.29, 0.717) is 0 Å². The van der Waals surface area contributed by atoms with Crippen LogP contribution in [0.1, 0.15) is 19.3 Å². The molecule has 0 N–H and O–H groups in total. The van der Waals surface area contributed by atoms with E-state index in [0.717, 1.165) is 25.9 Å². The van der Waals surface area contributed by atoms with Crippen molar-refractivity contribution in [3.05, 3.63) is 0 Å². The van der Waals surface area contributed by atoms with Crippen molar-refractivity contribution in [2.75, 3.05) is 6.61 Å². The first kappa shape index (κ1) is 16.9. The Bertz CT molecular complexity index is 204. The van der Waals surface area contributed by atoms with Gasteiger partial charge < -0.3 is 9.47 Å². The van der Waals surface area contributed by atoms with Crippen molar-refractivity contribution < 1.29 is 9.47 Å². The van der Waals surface area contributed by atoms with Gasteiger partial charge in [-0.25, -0.2) is 0 Å². The Morgan fingerprint density at radius 2 is 1.56 bits per heavy atom. The van der Waals surface area contributed by atoms with Crippen LogP contribution >= 0.6 is 95.6 Å². The lowest BCUT2D eigenvalue weighted by molar-refractivity contribution is -0.182. The lowest BCUT2D eigenvalue weighted by Crippen LogP contribution is -2.42. The summed E-state index contributed by atoms with van der Waals surface area (Å²) < 4.78 is 10.4. The maximum atomic E-state index is 5.92. The van der Waals surface area contributed by atoms with Crippen molar-refractivity contribution in [1.82, 2.24) is 0 Å². The first-order chi connectivity index (χ1) is 7.21. The fraction of sp³-hybridized carbons (Fsp3) is 1.00. The van der Waals surface area contributed by atoms with Crippen molar-refractivity contribution in [3.63, 3.8) is 0 Å². The quantitative estimate of drug-likeness (QED) is 0.377. The zero-order valence-corrected chi connectivity index (χ0v) is 17.6. The topological polar surface area (TPSA) is 18.5 Å². The maximum Gasteiger partial charge on any atom is 0.164 e. The van der Waals surface area contributed by atoms with Crippen LogP contribution in [-0.4, -0.2) is 23.3 Å². The van der Waals surface area contributed by atoms with E-state index in [1.54, 1.807) is 0 Å². The SMILES string of the molecule is BrC(Br)(Br)C(OC1CCCCO1)C(Br)(Br)Br. The van der Waals surface area contributed by atoms with Crippen molar-refractivity contribution in [1.29, 1.82) is 0 Å². The molecule has 1 fully saturated rings. The summed E-state index contributed by atoms with van der Waals surface area (Å²) in [5.41, 5.74) is 0. The van der Waals surface area contributed by atoms with Crippen LogP contribution in [-0.2, 0) is 9.47 Å². The highest BCUT2D eigenvalue weighted by molar-refractivity contribution is 9.40. The van der Waals surface area contributed by atoms with Crippen molar-refractivity contribution >= 4 is 95.6 Å². The van der Waals surface area contributed by atoms with Crippen LogP contribution in [0.2, 0.25) is 0 Å². The van der Waals surface area contributed by atoms with Gasteiger partial charge >= 0.3 is 0 Å². The van der Waals surface area contributed by atoms with E-state index in [1.807, 2.05) is 0 Å². The van der Waals surface area contributed by atoms with Gasteiger partial charge in [0.25, 0.3) is 0 Å². The molecule has 2 nitrogen and oxygen atoms in total. The van der Waals surface area contributed by atoms with Crippen LogP contribution in [0.4, 0.5) is 0 Å². The van der Waals surface area contributed by atoms with Crippen LogP contribution in [0, 0.1) is 0 Å². The summed E-state index contributed by atoms with van der Waals surface area (Å²) in [7, 11) is 0. The first-order valence-corrected chi connectivity index (χ1v) is 9.37. The van der Waals surface area contributed by atoms with Crippen LogP contribution in [0.25, 0.3) is 0 Å². The summed E-state index contributed by atoms with van der Waals surface area (Å²) in [6.07, 6.45) is 2.72. The second-order valence-corrected chi connectivity index (χ2v) is 17.3. The van der Waals surface area contributed by atoms with Gasteiger partial charge in [0, 0.05) is 6.61 Å². The third kappa shape index (κ3) is 5.84. The van der Waals surface area contributed by atoms with Gasteiger partial charge in [-0.1, -0.05) is 95.6 Å². The molecule has 16 heavy (non-hydrogen) atoms. The number of rotatable bonds is 2. The number of ether oxygens (including phenoxy) is 2. The number of halogens is 6. The Morgan fingerprint density at radius 1 is 1.00 bits per heavy atom. The monoisotopic (exact) mass is 612 g/mol. The summed E-state index contributed by atoms with van der Waals surface area (Å²) in [6, 6.07) is 0. The minimum absolute atomic E-state index is 0.169. The molecule has 0 aromatic rings. The van der Waals surface area contributed by atoms with Gasteiger partial charge in [0.05, 0.1) is 0 Å². The van der Waals surface area contributed by atoms with Gasteiger partial charge in [-0.05, 0) is 19.3 Å². The smallest absolute Gasteiger partial charge is 0.164 e. The molecule has 96 valence electrons. The highest BCUT2D eigenvalue weighted by Crippen LogP contribution is 2.52. The summed E-state index contributed by atoms with van der Waals surface area (Å²) in [4.78, 5) is 0. The van der Waals surface area contributed by atoms with E-state index < -0.39 is 4.29 Å². The molecule has 1 aliphatic rings. The van der Waals surface area contributed by atoms with E-state index in [9.17, 15) is 0 Å². The molecule has 1 unspecified atom stereocenters. The lowest BCUT2D eigenvalue weighted by atomic mass is 10.2.